The predicted molar refractivity (Wildman–Crippen MR) is 77.2 cm³/mol. The van der Waals surface area contributed by atoms with Crippen LogP contribution < -0.4 is 5.32 Å². The normalized spacial score (nSPS) is 24.1. The average molecular weight is 269 g/mol. The maximum atomic E-state index is 9.91. The first-order chi connectivity index (χ1) is 9.08. The highest BCUT2D eigenvalue weighted by atomic mass is 16.5. The van der Waals surface area contributed by atoms with Crippen molar-refractivity contribution in [3.05, 3.63) is 24.3 Å². The summed E-state index contributed by atoms with van der Waals surface area (Å²) in [4.78, 5) is 0. The average Bonchev–Trinajstić information content (AvgIpc) is 2.42. The van der Waals surface area contributed by atoms with Crippen LogP contribution in [0.15, 0.2) is 24.3 Å². The number of hydrogen-bond acceptors (Lipinski definition) is 4. The molecule has 0 aromatic carbocycles. The zero-order valence-electron chi connectivity index (χ0n) is 12.3. The van der Waals surface area contributed by atoms with Crippen molar-refractivity contribution in [1.29, 1.82) is 0 Å². The third kappa shape index (κ3) is 6.34. The van der Waals surface area contributed by atoms with Gasteiger partial charge in [0.25, 0.3) is 0 Å². The second-order valence-corrected chi connectivity index (χ2v) is 5.33. The summed E-state index contributed by atoms with van der Waals surface area (Å²) in [5, 5.41) is 13.1. The largest absolute Gasteiger partial charge is 0.389 e. The fraction of sp³-hybridized carbons (Fsp3) is 0.733. The molecule has 1 aliphatic rings. The van der Waals surface area contributed by atoms with E-state index in [0.717, 1.165) is 12.8 Å². The van der Waals surface area contributed by atoms with Crippen LogP contribution in [0.3, 0.4) is 0 Å². The van der Waals surface area contributed by atoms with Gasteiger partial charge in [0.15, 0.2) is 0 Å². The van der Waals surface area contributed by atoms with E-state index in [9.17, 15) is 5.11 Å². The molecular formula is C15H27NO3. The van der Waals surface area contributed by atoms with Gasteiger partial charge in [0.2, 0.25) is 0 Å². The Bertz CT molecular complexity index is 302. The van der Waals surface area contributed by atoms with Gasteiger partial charge in [0.05, 0.1) is 18.3 Å². The smallest absolute Gasteiger partial charge is 0.0923 e. The lowest BCUT2D eigenvalue weighted by Gasteiger charge is -2.32. The summed E-state index contributed by atoms with van der Waals surface area (Å²) < 4.78 is 11.1. The zero-order chi connectivity index (χ0) is 14.1. The fourth-order valence-electron chi connectivity index (χ4n) is 1.98. The molecule has 2 atom stereocenters. The Morgan fingerprint density at radius 3 is 2.74 bits per heavy atom. The maximum absolute atomic E-state index is 9.91. The first kappa shape index (κ1) is 16.4. The number of methoxy groups -OCH3 is 1. The number of hydrogen-bond donors (Lipinski definition) is 2. The summed E-state index contributed by atoms with van der Waals surface area (Å²) in [6.07, 6.45) is 9.32. The predicted octanol–water partition coefficient (Wildman–Crippen LogP) is 1.65. The van der Waals surface area contributed by atoms with Crippen molar-refractivity contribution in [3.8, 4) is 0 Å². The molecule has 1 rings (SSSR count). The zero-order valence-corrected chi connectivity index (χ0v) is 12.3. The summed E-state index contributed by atoms with van der Waals surface area (Å²) in [5.74, 6) is 0. The Kier molecular flexibility index (Phi) is 7.31. The van der Waals surface area contributed by atoms with Crippen LogP contribution in [0.5, 0.6) is 0 Å². The molecule has 0 fully saturated rings. The van der Waals surface area contributed by atoms with Crippen molar-refractivity contribution in [2.45, 2.75) is 44.4 Å². The molecule has 0 radical (unpaired) electrons. The van der Waals surface area contributed by atoms with E-state index in [-0.39, 0.29) is 5.60 Å². The van der Waals surface area contributed by atoms with Crippen LogP contribution in [0.25, 0.3) is 0 Å². The van der Waals surface area contributed by atoms with Gasteiger partial charge in [-0.15, -0.1) is 0 Å². The molecule has 2 unspecified atom stereocenters. The van der Waals surface area contributed by atoms with E-state index in [1.54, 1.807) is 7.11 Å². The van der Waals surface area contributed by atoms with Gasteiger partial charge in [0, 0.05) is 32.7 Å². The highest BCUT2D eigenvalue weighted by Gasteiger charge is 2.28. The second kappa shape index (κ2) is 8.48. The summed E-state index contributed by atoms with van der Waals surface area (Å²) in [7, 11) is 1.69. The quantitative estimate of drug-likeness (QED) is 0.668. The van der Waals surface area contributed by atoms with Gasteiger partial charge in [-0.25, -0.2) is 0 Å². The van der Waals surface area contributed by atoms with Gasteiger partial charge < -0.3 is 19.9 Å². The van der Waals surface area contributed by atoms with E-state index < -0.39 is 6.10 Å². The van der Waals surface area contributed by atoms with Gasteiger partial charge in [-0.2, -0.15) is 0 Å². The van der Waals surface area contributed by atoms with Crippen molar-refractivity contribution in [1.82, 2.24) is 5.32 Å². The van der Waals surface area contributed by atoms with Gasteiger partial charge in [0.1, 0.15) is 0 Å². The van der Waals surface area contributed by atoms with Crippen molar-refractivity contribution < 1.29 is 14.6 Å². The van der Waals surface area contributed by atoms with E-state index in [4.69, 9.17) is 9.47 Å². The Morgan fingerprint density at radius 2 is 2.16 bits per heavy atom. The van der Waals surface area contributed by atoms with Crippen LogP contribution in [-0.2, 0) is 9.47 Å². The molecule has 0 aliphatic heterocycles. The van der Waals surface area contributed by atoms with E-state index in [1.807, 2.05) is 12.2 Å². The SMILES string of the molecule is COCCC1(OCC(O)CNC(C)C)C=CC=CC1. The Hall–Kier alpha value is -0.680. The van der Waals surface area contributed by atoms with Crippen molar-refractivity contribution in [2.24, 2.45) is 0 Å². The van der Waals surface area contributed by atoms with Crippen LogP contribution in [0.2, 0.25) is 0 Å². The van der Waals surface area contributed by atoms with Gasteiger partial charge in [-0.3, -0.25) is 0 Å². The van der Waals surface area contributed by atoms with Crippen LogP contribution in [0, 0.1) is 0 Å². The number of aliphatic hydroxyl groups excluding tert-OH is 1. The topological polar surface area (TPSA) is 50.7 Å². The Labute approximate surface area is 116 Å². The molecule has 110 valence electrons. The van der Waals surface area contributed by atoms with Crippen molar-refractivity contribution in [3.63, 3.8) is 0 Å². The summed E-state index contributed by atoms with van der Waals surface area (Å²) in [5.41, 5.74) is -0.330. The molecule has 0 heterocycles. The number of ether oxygens (including phenoxy) is 2. The molecule has 0 saturated carbocycles. The lowest BCUT2D eigenvalue weighted by atomic mass is 9.91. The van der Waals surface area contributed by atoms with E-state index in [0.29, 0.717) is 25.8 Å². The number of aliphatic hydroxyl groups is 1. The van der Waals surface area contributed by atoms with Crippen LogP contribution in [0.1, 0.15) is 26.7 Å². The number of nitrogens with one attached hydrogen (secondary N) is 1. The number of allylic oxidation sites excluding steroid dienone is 2. The molecule has 0 spiro atoms. The maximum Gasteiger partial charge on any atom is 0.0923 e. The van der Waals surface area contributed by atoms with Crippen LogP contribution in [-0.4, -0.2) is 49.7 Å². The van der Waals surface area contributed by atoms with Gasteiger partial charge >= 0.3 is 0 Å². The fourth-order valence-corrected chi connectivity index (χ4v) is 1.98. The lowest BCUT2D eigenvalue weighted by Crippen LogP contribution is -2.39. The van der Waals surface area contributed by atoms with Crippen LogP contribution >= 0.6 is 0 Å². The first-order valence-electron chi connectivity index (χ1n) is 6.97. The number of rotatable bonds is 9. The highest BCUT2D eigenvalue weighted by molar-refractivity contribution is 5.18. The van der Waals surface area contributed by atoms with Crippen molar-refractivity contribution in [2.75, 3.05) is 26.9 Å². The van der Waals surface area contributed by atoms with Crippen molar-refractivity contribution >= 4 is 0 Å². The minimum absolute atomic E-state index is 0.330. The van der Waals surface area contributed by atoms with Gasteiger partial charge in [-0.1, -0.05) is 38.2 Å². The third-order valence-corrected chi connectivity index (χ3v) is 3.16. The highest BCUT2D eigenvalue weighted by Crippen LogP contribution is 2.26. The Morgan fingerprint density at radius 1 is 1.37 bits per heavy atom. The van der Waals surface area contributed by atoms with Crippen LogP contribution in [0.4, 0.5) is 0 Å². The molecule has 4 nitrogen and oxygen atoms in total. The molecule has 19 heavy (non-hydrogen) atoms. The summed E-state index contributed by atoms with van der Waals surface area (Å²) >= 11 is 0. The molecule has 0 aromatic heterocycles. The molecule has 2 N–H and O–H groups in total. The monoisotopic (exact) mass is 269 g/mol. The molecule has 0 amide bonds. The standard InChI is InChI=1S/C15H27NO3/c1-13(2)16-11-14(17)12-19-15(9-10-18-3)7-5-4-6-8-15/h4-7,13-14,16-17H,8-12H2,1-3H3. The molecule has 1 aliphatic carbocycles. The van der Waals surface area contributed by atoms with E-state index >= 15 is 0 Å². The van der Waals surface area contributed by atoms with Gasteiger partial charge in [-0.05, 0) is 6.42 Å². The molecule has 4 heteroatoms. The third-order valence-electron chi connectivity index (χ3n) is 3.16. The summed E-state index contributed by atoms with van der Waals surface area (Å²) in [6, 6.07) is 0.370. The molecular weight excluding hydrogens is 242 g/mol. The lowest BCUT2D eigenvalue weighted by molar-refractivity contribution is -0.0631. The minimum atomic E-state index is -0.485. The molecule has 0 bridgehead atoms. The Balaban J connectivity index is 2.40. The minimum Gasteiger partial charge on any atom is -0.389 e. The van der Waals surface area contributed by atoms with E-state index in [2.05, 4.69) is 31.3 Å². The first-order valence-corrected chi connectivity index (χ1v) is 6.97. The summed E-state index contributed by atoms with van der Waals surface area (Å²) in [6.45, 7) is 5.66. The second-order valence-electron chi connectivity index (χ2n) is 5.33. The molecule has 0 saturated heterocycles. The molecule has 0 aromatic rings. The van der Waals surface area contributed by atoms with E-state index in [1.165, 1.54) is 0 Å².